The number of rotatable bonds is 4. The highest BCUT2D eigenvalue weighted by atomic mass is 79.9. The fourth-order valence-electron chi connectivity index (χ4n) is 1.89. The van der Waals surface area contributed by atoms with Crippen molar-refractivity contribution in [1.29, 1.82) is 0 Å². The van der Waals surface area contributed by atoms with Gasteiger partial charge in [-0.15, -0.1) is 0 Å². The van der Waals surface area contributed by atoms with Crippen LogP contribution in [0.1, 0.15) is 11.1 Å². The molecule has 0 spiro atoms. The summed E-state index contributed by atoms with van der Waals surface area (Å²) in [5.74, 6) is 0.772. The molecule has 2 aromatic rings. The van der Waals surface area contributed by atoms with Crippen LogP contribution in [0, 0.1) is 0 Å². The van der Waals surface area contributed by atoms with Crippen molar-refractivity contribution < 1.29 is 0 Å². The van der Waals surface area contributed by atoms with E-state index in [4.69, 9.17) is 0 Å². The molecule has 25 heavy (non-hydrogen) atoms. The van der Waals surface area contributed by atoms with E-state index in [2.05, 4.69) is 88.5 Å². The Labute approximate surface area is 173 Å². The predicted octanol–water partition coefficient (Wildman–Crippen LogP) is 6.88. The minimum absolute atomic E-state index is 0.772. The van der Waals surface area contributed by atoms with Gasteiger partial charge >= 0.3 is 0 Å². The molecular weight excluding hydrogens is 444 g/mol. The fourth-order valence-corrected chi connectivity index (χ4v) is 26.3. The van der Waals surface area contributed by atoms with Crippen LogP contribution in [0.15, 0.2) is 49.1 Å². The van der Waals surface area contributed by atoms with Gasteiger partial charge in [0, 0.05) is 35.9 Å². The van der Waals surface area contributed by atoms with Crippen LogP contribution in [0.4, 0.5) is 0 Å². The van der Waals surface area contributed by atoms with Gasteiger partial charge in [0.2, 0.25) is 0 Å². The number of hydrogen-bond acceptors (Lipinski definition) is 4. The summed E-state index contributed by atoms with van der Waals surface area (Å²) >= 11 is 7.39. The maximum atomic E-state index is 4.07. The summed E-state index contributed by atoms with van der Waals surface area (Å²) in [6.45, 7) is 14.6. The first kappa shape index (κ1) is 24.9. The Kier molecular flexibility index (Phi) is 13.1. The van der Waals surface area contributed by atoms with E-state index in [1.807, 2.05) is 36.7 Å². The Bertz CT molecular complexity index is 507. The maximum absolute atomic E-state index is 4.07. The third-order valence-corrected chi connectivity index (χ3v) is 19.3. The van der Waals surface area contributed by atoms with Crippen LogP contribution in [-0.2, 0) is 11.1 Å². The second-order valence-corrected chi connectivity index (χ2v) is 26.7. The Morgan fingerprint density at radius 2 is 1.32 bits per heavy atom. The molecule has 0 aromatic carbocycles. The van der Waals surface area contributed by atoms with Gasteiger partial charge in [0.05, 0.1) is 0 Å². The Morgan fingerprint density at radius 3 is 1.48 bits per heavy atom. The Morgan fingerprint density at radius 1 is 0.880 bits per heavy atom. The summed E-state index contributed by atoms with van der Waals surface area (Å²) in [5, 5.41) is 0.890. The molecular formula is C18H31BrN2S2Si2. The van der Waals surface area contributed by atoms with Crippen LogP contribution < -0.4 is 0 Å². The highest BCUT2D eigenvalue weighted by Gasteiger charge is 2.24. The van der Waals surface area contributed by atoms with Crippen molar-refractivity contribution in [2.75, 3.05) is 0 Å². The van der Waals surface area contributed by atoms with Gasteiger partial charge in [0.15, 0.2) is 0 Å². The SMILES string of the molecule is BrCc1cccnc1.C[Si](C)(C)S[Si](C)(C)C.SCc1cccnc1. The number of pyridine rings is 2. The zero-order valence-electron chi connectivity index (χ0n) is 16.2. The average Bonchev–Trinajstić information content (AvgIpc) is 2.54. The molecule has 0 radical (unpaired) electrons. The fraction of sp³-hybridized carbons (Fsp3) is 0.444. The topological polar surface area (TPSA) is 25.8 Å². The Hall–Kier alpha value is -0.0862. The molecule has 0 saturated heterocycles. The lowest BCUT2D eigenvalue weighted by Crippen LogP contribution is -2.27. The molecule has 2 aromatic heterocycles. The summed E-state index contributed by atoms with van der Waals surface area (Å²) < 4.78 is 0. The van der Waals surface area contributed by atoms with E-state index in [-0.39, 0.29) is 0 Å². The Balaban J connectivity index is 0.000000346. The standard InChI is InChI=1S/C6H6BrN.C6H7NS.C6H18SSi2/c7-4-6-2-1-3-8-5-6;8-5-6-2-1-3-7-4-6;1-8(2,3)7-9(4,5)6/h1-3,5H,4H2;1-4,8H,5H2;1-6H3. The van der Waals surface area contributed by atoms with Gasteiger partial charge in [-0.25, -0.2) is 10.7 Å². The molecule has 2 heterocycles. The van der Waals surface area contributed by atoms with Crippen molar-refractivity contribution in [3.63, 3.8) is 0 Å². The molecule has 2 nitrogen and oxygen atoms in total. The molecule has 0 bridgehead atoms. The minimum atomic E-state index is -0.814. The number of aromatic nitrogens is 2. The molecule has 0 amide bonds. The minimum Gasteiger partial charge on any atom is -0.264 e. The number of thiol groups is 1. The van der Waals surface area contributed by atoms with Crippen molar-refractivity contribution >= 4 is 53.7 Å². The first-order valence-electron chi connectivity index (χ1n) is 8.22. The van der Waals surface area contributed by atoms with Gasteiger partial charge in [-0.2, -0.15) is 12.6 Å². The van der Waals surface area contributed by atoms with Crippen LogP contribution in [0.5, 0.6) is 0 Å². The van der Waals surface area contributed by atoms with E-state index in [0.29, 0.717) is 0 Å². The third-order valence-electron chi connectivity index (χ3n) is 2.39. The molecule has 0 aliphatic carbocycles. The number of alkyl halides is 1. The zero-order valence-corrected chi connectivity index (χ0v) is 21.5. The second-order valence-electron chi connectivity index (χ2n) is 7.34. The van der Waals surface area contributed by atoms with Crippen LogP contribution in [-0.4, -0.2) is 24.4 Å². The number of hydrogen-bond donors (Lipinski definition) is 1. The summed E-state index contributed by atoms with van der Waals surface area (Å²) in [4.78, 5) is 7.83. The highest BCUT2D eigenvalue weighted by Crippen LogP contribution is 2.29. The first-order valence-corrected chi connectivity index (χ1v) is 19.2. The lowest BCUT2D eigenvalue weighted by atomic mass is 10.3. The molecule has 0 aliphatic rings. The van der Waals surface area contributed by atoms with Gasteiger partial charge in [0.25, 0.3) is 0 Å². The van der Waals surface area contributed by atoms with E-state index in [0.717, 1.165) is 16.6 Å². The lowest BCUT2D eigenvalue weighted by molar-refractivity contribution is 1.26. The quantitative estimate of drug-likeness (QED) is 0.297. The molecule has 140 valence electrons. The summed E-state index contributed by atoms with van der Waals surface area (Å²) in [6, 6.07) is 7.86. The highest BCUT2D eigenvalue weighted by molar-refractivity contribution is 9.08. The van der Waals surface area contributed by atoms with Gasteiger partial charge in [-0.1, -0.05) is 67.3 Å². The monoisotopic (exact) mass is 474 g/mol. The van der Waals surface area contributed by atoms with Crippen LogP contribution >= 0.6 is 39.2 Å². The maximum Gasteiger partial charge on any atom is 0.101 e. The molecule has 7 heteroatoms. The first-order chi connectivity index (χ1) is 11.6. The number of nitrogens with zero attached hydrogens (tertiary/aromatic N) is 2. The van der Waals surface area contributed by atoms with Crippen LogP contribution in [0.3, 0.4) is 0 Å². The average molecular weight is 476 g/mol. The van der Waals surface area contributed by atoms with Crippen LogP contribution in [0.25, 0.3) is 0 Å². The molecule has 0 fully saturated rings. The number of halogens is 1. The molecule has 0 aliphatic heterocycles. The normalized spacial score (nSPS) is 10.9. The van der Waals surface area contributed by atoms with Crippen molar-refractivity contribution in [3.05, 3.63) is 60.2 Å². The van der Waals surface area contributed by atoms with Gasteiger partial charge < -0.3 is 0 Å². The third kappa shape index (κ3) is 17.1. The van der Waals surface area contributed by atoms with E-state index < -0.39 is 14.4 Å². The summed E-state index contributed by atoms with van der Waals surface area (Å²) in [7, 11) is 0.663. The van der Waals surface area contributed by atoms with E-state index >= 15 is 0 Å². The van der Waals surface area contributed by atoms with Gasteiger partial charge in [-0.05, 0) is 23.3 Å². The molecule has 0 atom stereocenters. The van der Waals surface area contributed by atoms with E-state index in [9.17, 15) is 0 Å². The van der Waals surface area contributed by atoms with Crippen molar-refractivity contribution in [2.24, 2.45) is 0 Å². The largest absolute Gasteiger partial charge is 0.264 e. The van der Waals surface area contributed by atoms with Gasteiger partial charge in [0.1, 0.15) is 14.4 Å². The van der Waals surface area contributed by atoms with Gasteiger partial charge in [-0.3, -0.25) is 9.97 Å². The lowest BCUT2D eigenvalue weighted by Gasteiger charge is -2.25. The summed E-state index contributed by atoms with van der Waals surface area (Å²) in [6.07, 6.45) is 7.18. The second kappa shape index (κ2) is 13.1. The summed E-state index contributed by atoms with van der Waals surface area (Å²) in [5.41, 5.74) is 2.38. The molecule has 0 unspecified atom stereocenters. The van der Waals surface area contributed by atoms with E-state index in [1.165, 1.54) is 5.56 Å². The van der Waals surface area contributed by atoms with Crippen molar-refractivity contribution in [1.82, 2.24) is 9.97 Å². The van der Waals surface area contributed by atoms with E-state index in [1.54, 1.807) is 12.4 Å². The molecule has 0 N–H and O–H groups in total. The smallest absolute Gasteiger partial charge is 0.101 e. The molecule has 2 rings (SSSR count). The van der Waals surface area contributed by atoms with Crippen molar-refractivity contribution in [3.8, 4) is 0 Å². The van der Waals surface area contributed by atoms with Crippen molar-refractivity contribution in [2.45, 2.75) is 50.4 Å². The predicted molar refractivity (Wildman–Crippen MR) is 128 cm³/mol. The molecule has 0 saturated carbocycles. The zero-order chi connectivity index (χ0) is 19.3. The van der Waals surface area contributed by atoms with Crippen LogP contribution in [0.2, 0.25) is 39.3 Å².